The number of hydrogen-bond acceptors (Lipinski definition) is 5. The quantitative estimate of drug-likeness (QED) is 0.657. The van der Waals surface area contributed by atoms with Gasteiger partial charge < -0.3 is 10.1 Å². The van der Waals surface area contributed by atoms with Crippen LogP contribution in [0.15, 0.2) is 42.6 Å². The summed E-state index contributed by atoms with van der Waals surface area (Å²) in [6.07, 6.45) is 1.27. The van der Waals surface area contributed by atoms with Crippen molar-refractivity contribution in [2.75, 3.05) is 11.9 Å². The third kappa shape index (κ3) is 3.89. The van der Waals surface area contributed by atoms with Crippen LogP contribution in [0.3, 0.4) is 0 Å². The van der Waals surface area contributed by atoms with Gasteiger partial charge in [0, 0.05) is 6.20 Å². The van der Waals surface area contributed by atoms with E-state index in [1.54, 1.807) is 18.5 Å². The van der Waals surface area contributed by atoms with Crippen molar-refractivity contribution in [1.82, 2.24) is 14.8 Å². The molecule has 7 nitrogen and oxygen atoms in total. The van der Waals surface area contributed by atoms with Crippen molar-refractivity contribution in [3.63, 3.8) is 0 Å². The van der Waals surface area contributed by atoms with Gasteiger partial charge in [-0.05, 0) is 39.0 Å². The molecule has 2 aromatic heterocycles. The van der Waals surface area contributed by atoms with Crippen LogP contribution >= 0.6 is 11.6 Å². The zero-order valence-corrected chi connectivity index (χ0v) is 16.4. The summed E-state index contributed by atoms with van der Waals surface area (Å²) in [5.74, 6) is -1.03. The smallest absolute Gasteiger partial charge is 0.339 e. The highest BCUT2D eigenvalue weighted by Gasteiger charge is 2.20. The van der Waals surface area contributed by atoms with E-state index in [4.69, 9.17) is 16.3 Å². The van der Waals surface area contributed by atoms with Gasteiger partial charge in [0.1, 0.15) is 5.69 Å². The summed E-state index contributed by atoms with van der Waals surface area (Å²) >= 11 is 6.16. The summed E-state index contributed by atoms with van der Waals surface area (Å²) in [5, 5.41) is 7.37. The van der Waals surface area contributed by atoms with Crippen molar-refractivity contribution in [3.8, 4) is 5.69 Å². The summed E-state index contributed by atoms with van der Waals surface area (Å²) < 4.78 is 6.66. The van der Waals surface area contributed by atoms with E-state index in [0.717, 1.165) is 11.4 Å². The number of hydrogen-bond donors (Lipinski definition) is 1. The van der Waals surface area contributed by atoms with E-state index in [1.165, 1.54) is 12.3 Å². The van der Waals surface area contributed by atoms with Crippen molar-refractivity contribution < 1.29 is 14.3 Å². The SMILES string of the molecule is CCOC(=O)c1cnc(C(=O)Nc2c(C)nn(-c3ccccc3)c2C)c(Cl)c1. The molecule has 144 valence electrons. The Morgan fingerprint density at radius 1 is 1.21 bits per heavy atom. The average Bonchev–Trinajstić information content (AvgIpc) is 2.97. The van der Waals surface area contributed by atoms with E-state index in [9.17, 15) is 9.59 Å². The highest BCUT2D eigenvalue weighted by molar-refractivity contribution is 6.34. The number of anilines is 1. The van der Waals surface area contributed by atoms with Crippen LogP contribution < -0.4 is 5.32 Å². The zero-order valence-electron chi connectivity index (χ0n) is 15.7. The summed E-state index contributed by atoms with van der Waals surface area (Å²) in [6, 6.07) is 11.0. The van der Waals surface area contributed by atoms with E-state index in [-0.39, 0.29) is 22.9 Å². The van der Waals surface area contributed by atoms with Crippen molar-refractivity contribution >= 4 is 29.2 Å². The lowest BCUT2D eigenvalue weighted by atomic mass is 10.2. The van der Waals surface area contributed by atoms with Crippen LogP contribution in [0.1, 0.15) is 39.2 Å². The Kier molecular flexibility index (Phi) is 5.75. The molecule has 0 fully saturated rings. The first-order valence-corrected chi connectivity index (χ1v) is 9.05. The van der Waals surface area contributed by atoms with Gasteiger partial charge in [0.15, 0.2) is 0 Å². The Balaban J connectivity index is 1.86. The molecule has 2 heterocycles. The Bertz CT molecular complexity index is 1030. The van der Waals surface area contributed by atoms with E-state index in [1.807, 2.05) is 37.3 Å². The Morgan fingerprint density at radius 3 is 2.57 bits per heavy atom. The number of esters is 1. The largest absolute Gasteiger partial charge is 0.462 e. The Hall–Kier alpha value is -3.19. The molecule has 1 N–H and O–H groups in total. The van der Waals surface area contributed by atoms with E-state index < -0.39 is 11.9 Å². The molecule has 0 atom stereocenters. The predicted octanol–water partition coefficient (Wildman–Crippen LogP) is 3.97. The normalized spacial score (nSPS) is 10.6. The van der Waals surface area contributed by atoms with Crippen LogP contribution in [-0.4, -0.2) is 33.2 Å². The van der Waals surface area contributed by atoms with Gasteiger partial charge >= 0.3 is 5.97 Å². The highest BCUT2D eigenvalue weighted by Crippen LogP contribution is 2.24. The van der Waals surface area contributed by atoms with Gasteiger partial charge in [-0.2, -0.15) is 5.10 Å². The third-order valence-electron chi connectivity index (χ3n) is 4.10. The number of aromatic nitrogens is 3. The lowest BCUT2D eigenvalue weighted by Crippen LogP contribution is -2.16. The van der Waals surface area contributed by atoms with Crippen LogP contribution in [0, 0.1) is 13.8 Å². The minimum Gasteiger partial charge on any atom is -0.462 e. The summed E-state index contributed by atoms with van der Waals surface area (Å²) in [7, 11) is 0. The van der Waals surface area contributed by atoms with E-state index in [0.29, 0.717) is 11.4 Å². The minimum absolute atomic E-state index is 0.0148. The molecular weight excluding hydrogens is 380 g/mol. The number of aryl methyl sites for hydroxylation is 1. The monoisotopic (exact) mass is 398 g/mol. The second-order valence-electron chi connectivity index (χ2n) is 6.02. The maximum atomic E-state index is 12.7. The second kappa shape index (κ2) is 8.22. The molecule has 0 radical (unpaired) electrons. The third-order valence-corrected chi connectivity index (χ3v) is 4.39. The van der Waals surface area contributed by atoms with Gasteiger partial charge in [-0.3, -0.25) is 4.79 Å². The standard InChI is InChI=1S/C20H19ClN4O3/c1-4-28-20(27)14-10-16(21)18(22-11-14)19(26)23-17-12(2)24-25(13(17)3)15-8-6-5-7-9-15/h5-11H,4H2,1-3H3,(H,23,26). The van der Waals surface area contributed by atoms with Gasteiger partial charge in [-0.15, -0.1) is 0 Å². The summed E-state index contributed by atoms with van der Waals surface area (Å²) in [5.41, 5.74) is 3.11. The molecule has 28 heavy (non-hydrogen) atoms. The maximum absolute atomic E-state index is 12.7. The fourth-order valence-electron chi connectivity index (χ4n) is 2.75. The van der Waals surface area contributed by atoms with Gasteiger partial charge in [0.05, 0.1) is 40.0 Å². The molecule has 1 amide bonds. The second-order valence-corrected chi connectivity index (χ2v) is 6.43. The molecule has 0 spiro atoms. The number of benzene rings is 1. The van der Waals surface area contributed by atoms with E-state index >= 15 is 0 Å². The highest BCUT2D eigenvalue weighted by atomic mass is 35.5. The van der Waals surface area contributed by atoms with Gasteiger partial charge in [-0.25, -0.2) is 14.5 Å². The van der Waals surface area contributed by atoms with Crippen molar-refractivity contribution in [2.24, 2.45) is 0 Å². The first-order valence-electron chi connectivity index (χ1n) is 8.68. The summed E-state index contributed by atoms with van der Waals surface area (Å²) in [4.78, 5) is 28.5. The molecule has 3 aromatic rings. The molecule has 0 aliphatic heterocycles. The van der Waals surface area contributed by atoms with Gasteiger partial charge in [0.2, 0.25) is 0 Å². The predicted molar refractivity (Wildman–Crippen MR) is 106 cm³/mol. The van der Waals surface area contributed by atoms with Crippen LogP contribution in [0.5, 0.6) is 0 Å². The average molecular weight is 399 g/mol. The van der Waals surface area contributed by atoms with Crippen LogP contribution in [-0.2, 0) is 4.74 Å². The number of para-hydroxylation sites is 1. The number of halogens is 1. The number of rotatable bonds is 5. The molecular formula is C20H19ClN4O3. The molecule has 8 heteroatoms. The van der Waals surface area contributed by atoms with Crippen LogP contribution in [0.4, 0.5) is 5.69 Å². The van der Waals surface area contributed by atoms with E-state index in [2.05, 4.69) is 15.4 Å². The number of amides is 1. The van der Waals surface area contributed by atoms with Gasteiger partial charge in [-0.1, -0.05) is 29.8 Å². The lowest BCUT2D eigenvalue weighted by Gasteiger charge is -2.08. The number of pyridine rings is 1. The number of nitrogens with zero attached hydrogens (tertiary/aromatic N) is 3. The molecule has 3 rings (SSSR count). The summed E-state index contributed by atoms with van der Waals surface area (Å²) in [6.45, 7) is 5.61. The molecule has 0 unspecified atom stereocenters. The number of carbonyl (C=O) groups excluding carboxylic acids is 2. The molecule has 1 aromatic carbocycles. The molecule has 0 bridgehead atoms. The van der Waals surface area contributed by atoms with Crippen molar-refractivity contribution in [2.45, 2.75) is 20.8 Å². The van der Waals surface area contributed by atoms with Crippen LogP contribution in [0.2, 0.25) is 5.02 Å². The first-order chi connectivity index (χ1) is 13.4. The minimum atomic E-state index is -0.542. The molecule has 0 aliphatic carbocycles. The van der Waals surface area contributed by atoms with Gasteiger partial charge in [0.25, 0.3) is 5.91 Å². The van der Waals surface area contributed by atoms with Crippen molar-refractivity contribution in [3.05, 3.63) is 70.3 Å². The fraction of sp³-hybridized carbons (Fsp3) is 0.200. The topological polar surface area (TPSA) is 86.1 Å². The first kappa shape index (κ1) is 19.6. The number of ether oxygens (including phenoxy) is 1. The fourth-order valence-corrected chi connectivity index (χ4v) is 3.00. The molecule has 0 aliphatic rings. The lowest BCUT2D eigenvalue weighted by molar-refractivity contribution is 0.0525. The number of nitrogens with one attached hydrogen (secondary N) is 1. The van der Waals surface area contributed by atoms with Crippen LogP contribution in [0.25, 0.3) is 5.69 Å². The Morgan fingerprint density at radius 2 is 1.93 bits per heavy atom. The maximum Gasteiger partial charge on any atom is 0.339 e. The van der Waals surface area contributed by atoms with Crippen molar-refractivity contribution in [1.29, 1.82) is 0 Å². The molecule has 0 saturated heterocycles. The number of carbonyl (C=O) groups is 2. The zero-order chi connectivity index (χ0) is 20.3. The Labute approximate surface area is 167 Å². The molecule has 0 saturated carbocycles.